The van der Waals surface area contributed by atoms with Crippen LogP contribution >= 0.6 is 0 Å². The van der Waals surface area contributed by atoms with E-state index in [4.69, 9.17) is 9.47 Å². The highest BCUT2D eigenvalue weighted by atomic mass is 16.5. The van der Waals surface area contributed by atoms with Crippen LogP contribution in [-0.2, 0) is 4.74 Å². The van der Waals surface area contributed by atoms with E-state index in [-0.39, 0.29) is 0 Å². The van der Waals surface area contributed by atoms with Gasteiger partial charge in [0.05, 0.1) is 18.4 Å². The molecule has 2 rings (SSSR count). The molecule has 1 heterocycles. The van der Waals surface area contributed by atoms with Crippen LogP contribution in [0.25, 0.3) is 0 Å². The summed E-state index contributed by atoms with van der Waals surface area (Å²) in [6, 6.07) is 8.03. The van der Waals surface area contributed by atoms with E-state index >= 15 is 0 Å². The minimum absolute atomic E-state index is 0.356. The lowest BCUT2D eigenvalue weighted by Gasteiger charge is -2.15. The molecule has 88 valence electrons. The number of benzene rings is 1. The molecule has 0 saturated carbocycles. The molecule has 0 radical (unpaired) electrons. The Hall–Kier alpha value is -1.22. The van der Waals surface area contributed by atoms with Crippen LogP contribution < -0.4 is 10.1 Å². The second-order valence-corrected chi connectivity index (χ2v) is 3.95. The van der Waals surface area contributed by atoms with E-state index < -0.39 is 0 Å². The summed E-state index contributed by atoms with van der Waals surface area (Å²) in [6.07, 6.45) is 2.69. The number of anilines is 1. The average Bonchev–Trinajstić information content (AvgIpc) is 2.81. The number of ether oxygens (including phenoxy) is 2. The van der Waals surface area contributed by atoms with Crippen molar-refractivity contribution in [2.24, 2.45) is 0 Å². The van der Waals surface area contributed by atoms with Crippen LogP contribution in [0.5, 0.6) is 5.75 Å². The zero-order chi connectivity index (χ0) is 11.2. The molecular weight excluding hydrogens is 202 g/mol. The zero-order valence-electron chi connectivity index (χ0n) is 9.74. The van der Waals surface area contributed by atoms with Gasteiger partial charge < -0.3 is 14.8 Å². The van der Waals surface area contributed by atoms with Gasteiger partial charge in [-0.25, -0.2) is 0 Å². The molecule has 3 heteroatoms. The van der Waals surface area contributed by atoms with Crippen molar-refractivity contribution < 1.29 is 9.47 Å². The Balaban J connectivity index is 1.91. The molecule has 1 aliphatic heterocycles. The van der Waals surface area contributed by atoms with Crippen molar-refractivity contribution in [1.82, 2.24) is 0 Å². The standard InChI is InChI=1S/C13H19NO2/c1-2-15-13-8-4-3-7-12(13)14-10-11-6-5-9-16-11/h3-4,7-8,11,14H,2,5-6,9-10H2,1H3. The summed E-state index contributed by atoms with van der Waals surface area (Å²) in [5.41, 5.74) is 1.06. The fourth-order valence-corrected chi connectivity index (χ4v) is 1.92. The van der Waals surface area contributed by atoms with Gasteiger partial charge in [0.1, 0.15) is 5.75 Å². The minimum atomic E-state index is 0.356. The molecule has 1 aromatic carbocycles. The number of nitrogens with one attached hydrogen (secondary N) is 1. The smallest absolute Gasteiger partial charge is 0.142 e. The van der Waals surface area contributed by atoms with Crippen LogP contribution in [0, 0.1) is 0 Å². The summed E-state index contributed by atoms with van der Waals surface area (Å²) in [5.74, 6) is 0.919. The van der Waals surface area contributed by atoms with Crippen LogP contribution in [0.4, 0.5) is 5.69 Å². The first kappa shape index (κ1) is 11.3. The van der Waals surface area contributed by atoms with Gasteiger partial charge in [-0.1, -0.05) is 12.1 Å². The van der Waals surface area contributed by atoms with Gasteiger partial charge >= 0.3 is 0 Å². The third-order valence-corrected chi connectivity index (χ3v) is 2.73. The summed E-state index contributed by atoms with van der Waals surface area (Å²) < 4.78 is 11.1. The van der Waals surface area contributed by atoms with Gasteiger partial charge in [-0.2, -0.15) is 0 Å². The fraction of sp³-hybridized carbons (Fsp3) is 0.538. The van der Waals surface area contributed by atoms with E-state index in [1.807, 2.05) is 31.2 Å². The van der Waals surface area contributed by atoms with E-state index in [1.54, 1.807) is 0 Å². The van der Waals surface area contributed by atoms with Gasteiger partial charge in [0.15, 0.2) is 0 Å². The molecule has 1 aromatic rings. The van der Waals surface area contributed by atoms with E-state index in [1.165, 1.54) is 6.42 Å². The molecule has 16 heavy (non-hydrogen) atoms. The number of para-hydroxylation sites is 2. The van der Waals surface area contributed by atoms with Crippen molar-refractivity contribution in [2.45, 2.75) is 25.9 Å². The quantitative estimate of drug-likeness (QED) is 0.829. The molecule has 0 bridgehead atoms. The molecule has 1 fully saturated rings. The predicted molar refractivity (Wildman–Crippen MR) is 65.1 cm³/mol. The van der Waals surface area contributed by atoms with Crippen molar-refractivity contribution >= 4 is 5.69 Å². The largest absolute Gasteiger partial charge is 0.492 e. The first-order valence-electron chi connectivity index (χ1n) is 5.97. The van der Waals surface area contributed by atoms with E-state index in [2.05, 4.69) is 5.32 Å². The van der Waals surface area contributed by atoms with Gasteiger partial charge in [-0.05, 0) is 31.9 Å². The lowest BCUT2D eigenvalue weighted by Crippen LogP contribution is -2.18. The van der Waals surface area contributed by atoms with Crippen LogP contribution in [0.15, 0.2) is 24.3 Å². The monoisotopic (exact) mass is 221 g/mol. The van der Waals surface area contributed by atoms with Gasteiger partial charge in [0, 0.05) is 13.2 Å². The summed E-state index contributed by atoms with van der Waals surface area (Å²) in [7, 11) is 0. The maximum Gasteiger partial charge on any atom is 0.142 e. The molecule has 3 nitrogen and oxygen atoms in total. The number of hydrogen-bond acceptors (Lipinski definition) is 3. The third kappa shape index (κ3) is 2.89. The molecule has 0 spiro atoms. The third-order valence-electron chi connectivity index (χ3n) is 2.73. The van der Waals surface area contributed by atoms with Crippen molar-refractivity contribution in [3.63, 3.8) is 0 Å². The van der Waals surface area contributed by atoms with E-state index in [0.717, 1.165) is 31.0 Å². The number of hydrogen-bond donors (Lipinski definition) is 1. The zero-order valence-corrected chi connectivity index (χ0v) is 9.74. The molecule has 0 aliphatic carbocycles. The molecule has 1 N–H and O–H groups in total. The van der Waals surface area contributed by atoms with Crippen LogP contribution in [-0.4, -0.2) is 25.9 Å². The fourth-order valence-electron chi connectivity index (χ4n) is 1.92. The van der Waals surface area contributed by atoms with E-state index in [0.29, 0.717) is 12.7 Å². The highest BCUT2D eigenvalue weighted by Gasteiger charge is 2.15. The van der Waals surface area contributed by atoms with Crippen LogP contribution in [0.2, 0.25) is 0 Å². The molecule has 0 amide bonds. The molecule has 1 aliphatic rings. The summed E-state index contributed by atoms with van der Waals surface area (Å²) in [4.78, 5) is 0. The second-order valence-electron chi connectivity index (χ2n) is 3.95. The lowest BCUT2D eigenvalue weighted by molar-refractivity contribution is 0.120. The number of rotatable bonds is 5. The Kier molecular flexibility index (Phi) is 4.05. The van der Waals surface area contributed by atoms with Crippen molar-refractivity contribution in [2.75, 3.05) is 25.1 Å². The Morgan fingerprint density at radius 2 is 2.31 bits per heavy atom. The van der Waals surface area contributed by atoms with E-state index in [9.17, 15) is 0 Å². The minimum Gasteiger partial charge on any atom is -0.492 e. The van der Waals surface area contributed by atoms with Crippen LogP contribution in [0.1, 0.15) is 19.8 Å². The average molecular weight is 221 g/mol. The topological polar surface area (TPSA) is 30.5 Å². The van der Waals surface area contributed by atoms with Crippen molar-refractivity contribution in [3.8, 4) is 5.75 Å². The Labute approximate surface area is 96.8 Å². The second kappa shape index (κ2) is 5.75. The van der Waals surface area contributed by atoms with Crippen molar-refractivity contribution in [3.05, 3.63) is 24.3 Å². The van der Waals surface area contributed by atoms with Gasteiger partial charge in [-0.3, -0.25) is 0 Å². The Bertz CT molecular complexity index is 321. The first-order valence-corrected chi connectivity index (χ1v) is 5.97. The Morgan fingerprint density at radius 3 is 3.06 bits per heavy atom. The van der Waals surface area contributed by atoms with Gasteiger partial charge in [-0.15, -0.1) is 0 Å². The molecule has 1 atom stereocenters. The normalized spacial score (nSPS) is 19.7. The highest BCUT2D eigenvalue weighted by Crippen LogP contribution is 2.24. The van der Waals surface area contributed by atoms with Gasteiger partial charge in [0.2, 0.25) is 0 Å². The summed E-state index contributed by atoms with van der Waals surface area (Å²) >= 11 is 0. The highest BCUT2D eigenvalue weighted by molar-refractivity contribution is 5.56. The van der Waals surface area contributed by atoms with Crippen LogP contribution in [0.3, 0.4) is 0 Å². The molecule has 0 aromatic heterocycles. The van der Waals surface area contributed by atoms with Gasteiger partial charge in [0.25, 0.3) is 0 Å². The predicted octanol–water partition coefficient (Wildman–Crippen LogP) is 2.68. The Morgan fingerprint density at radius 1 is 1.44 bits per heavy atom. The van der Waals surface area contributed by atoms with Crippen molar-refractivity contribution in [1.29, 1.82) is 0 Å². The summed E-state index contributed by atoms with van der Waals surface area (Å²) in [5, 5.41) is 3.39. The molecule has 1 unspecified atom stereocenters. The SMILES string of the molecule is CCOc1ccccc1NCC1CCCO1. The maximum atomic E-state index is 5.57. The summed E-state index contributed by atoms with van der Waals surface area (Å²) in [6.45, 7) is 4.46. The maximum absolute atomic E-state index is 5.57. The first-order chi connectivity index (χ1) is 7.90. The lowest BCUT2D eigenvalue weighted by atomic mass is 10.2. The molecular formula is C13H19NO2. The molecule has 1 saturated heterocycles.